The highest BCUT2D eigenvalue weighted by molar-refractivity contribution is 5.01. The van der Waals surface area contributed by atoms with Crippen LogP contribution in [0.3, 0.4) is 0 Å². The Kier molecular flexibility index (Phi) is 10.1. The van der Waals surface area contributed by atoms with Crippen molar-refractivity contribution in [3.63, 3.8) is 0 Å². The Morgan fingerprint density at radius 3 is 2.26 bits per heavy atom. The van der Waals surface area contributed by atoms with Crippen LogP contribution in [0.25, 0.3) is 0 Å². The molecule has 0 atom stereocenters. The van der Waals surface area contributed by atoms with E-state index in [2.05, 4.69) is 37.6 Å². The van der Waals surface area contributed by atoms with Crippen molar-refractivity contribution in [3.8, 4) is 0 Å². The van der Waals surface area contributed by atoms with E-state index in [0.717, 1.165) is 45.8 Å². The van der Waals surface area contributed by atoms with Gasteiger partial charge in [-0.15, -0.1) is 0 Å². The van der Waals surface area contributed by atoms with E-state index < -0.39 is 0 Å². The zero-order valence-electron chi connectivity index (χ0n) is 13.4. The zero-order valence-corrected chi connectivity index (χ0v) is 13.4. The van der Waals surface area contributed by atoms with Crippen molar-refractivity contribution in [3.05, 3.63) is 12.2 Å². The third kappa shape index (κ3) is 12.4. The van der Waals surface area contributed by atoms with Crippen molar-refractivity contribution in [2.45, 2.75) is 32.7 Å². The average Bonchev–Trinajstić information content (AvgIpc) is 2.32. The first kappa shape index (κ1) is 18.6. The Bertz CT molecular complexity index is 237. The predicted octanol–water partition coefficient (Wildman–Crippen LogP) is 1.92. The average molecular weight is 272 g/mol. The van der Waals surface area contributed by atoms with Gasteiger partial charge in [0.05, 0.1) is 6.61 Å². The van der Waals surface area contributed by atoms with Crippen LogP contribution in [0.1, 0.15) is 27.2 Å². The molecule has 0 aliphatic carbocycles. The lowest BCUT2D eigenvalue weighted by Gasteiger charge is -2.26. The Morgan fingerprint density at radius 2 is 1.74 bits per heavy atom. The molecule has 0 aliphatic heterocycles. The van der Waals surface area contributed by atoms with Crippen molar-refractivity contribution in [1.29, 1.82) is 0 Å². The highest BCUT2D eigenvalue weighted by atomic mass is 16.5. The van der Waals surface area contributed by atoms with Crippen LogP contribution in [-0.4, -0.2) is 64.1 Å². The number of nitrogens with zero attached hydrogens (tertiary/aromatic N) is 1. The second-order valence-corrected chi connectivity index (χ2v) is 5.97. The quantitative estimate of drug-likeness (QED) is 0.460. The molecule has 4 heteroatoms. The molecule has 0 rings (SSSR count). The Hall–Kier alpha value is -0.420. The van der Waals surface area contributed by atoms with Gasteiger partial charge in [-0.25, -0.2) is 0 Å². The van der Waals surface area contributed by atoms with Gasteiger partial charge in [-0.05, 0) is 32.8 Å². The molecule has 1 N–H and O–H groups in total. The number of methoxy groups -OCH3 is 2. The fraction of sp³-hybridized carbons (Fsp3) is 0.867. The minimum atomic E-state index is 0.135. The monoisotopic (exact) mass is 272 g/mol. The number of hydrogen-bond donors (Lipinski definition) is 1. The molecule has 0 amide bonds. The molecule has 4 nitrogen and oxygen atoms in total. The van der Waals surface area contributed by atoms with Gasteiger partial charge in [-0.1, -0.05) is 6.58 Å². The maximum Gasteiger partial charge on any atom is 0.0589 e. The minimum absolute atomic E-state index is 0.135. The van der Waals surface area contributed by atoms with Crippen LogP contribution in [0.15, 0.2) is 12.2 Å². The Balaban J connectivity index is 4.02. The van der Waals surface area contributed by atoms with Crippen LogP contribution in [-0.2, 0) is 9.47 Å². The maximum atomic E-state index is 5.16. The van der Waals surface area contributed by atoms with E-state index in [4.69, 9.17) is 9.47 Å². The van der Waals surface area contributed by atoms with Crippen molar-refractivity contribution in [1.82, 2.24) is 10.2 Å². The molecule has 0 saturated carbocycles. The Labute approximate surface area is 119 Å². The summed E-state index contributed by atoms with van der Waals surface area (Å²) in [6, 6.07) is 0. The van der Waals surface area contributed by atoms with Crippen LogP contribution < -0.4 is 5.32 Å². The van der Waals surface area contributed by atoms with Crippen molar-refractivity contribution in [2.24, 2.45) is 0 Å². The van der Waals surface area contributed by atoms with E-state index in [1.807, 2.05) is 0 Å². The zero-order chi connectivity index (χ0) is 14.7. The molecule has 0 heterocycles. The van der Waals surface area contributed by atoms with Gasteiger partial charge in [0.2, 0.25) is 0 Å². The van der Waals surface area contributed by atoms with E-state index in [0.29, 0.717) is 0 Å². The van der Waals surface area contributed by atoms with Gasteiger partial charge < -0.3 is 14.8 Å². The van der Waals surface area contributed by atoms with Crippen LogP contribution in [0.5, 0.6) is 0 Å². The highest BCUT2D eigenvalue weighted by Gasteiger charge is 2.11. The van der Waals surface area contributed by atoms with Crippen LogP contribution >= 0.6 is 0 Å². The lowest BCUT2D eigenvalue weighted by molar-refractivity contribution is 0.137. The van der Waals surface area contributed by atoms with Gasteiger partial charge in [0, 0.05) is 52.5 Å². The Morgan fingerprint density at radius 1 is 1.11 bits per heavy atom. The predicted molar refractivity (Wildman–Crippen MR) is 81.7 cm³/mol. The van der Waals surface area contributed by atoms with Gasteiger partial charge in [0.15, 0.2) is 0 Å². The number of rotatable bonds is 11. The van der Waals surface area contributed by atoms with Crippen LogP contribution in [0, 0.1) is 0 Å². The maximum absolute atomic E-state index is 5.16. The summed E-state index contributed by atoms with van der Waals surface area (Å²) < 4.78 is 10.3. The lowest BCUT2D eigenvalue weighted by Crippen LogP contribution is -2.39. The molecule has 0 bridgehead atoms. The molecule has 0 fully saturated rings. The topological polar surface area (TPSA) is 33.7 Å². The first-order valence-corrected chi connectivity index (χ1v) is 7.01. The molecule has 0 spiro atoms. The van der Waals surface area contributed by atoms with E-state index in [1.54, 1.807) is 14.2 Å². The molecular weight excluding hydrogens is 240 g/mol. The number of ether oxygens (including phenoxy) is 2. The molecule has 19 heavy (non-hydrogen) atoms. The van der Waals surface area contributed by atoms with Gasteiger partial charge in [-0.3, -0.25) is 4.90 Å². The third-order valence-electron chi connectivity index (χ3n) is 2.75. The summed E-state index contributed by atoms with van der Waals surface area (Å²) in [6.45, 7) is 16.0. The molecule has 0 aromatic carbocycles. The summed E-state index contributed by atoms with van der Waals surface area (Å²) in [5.41, 5.74) is 1.35. The van der Waals surface area contributed by atoms with Crippen molar-refractivity contribution < 1.29 is 9.47 Å². The minimum Gasteiger partial charge on any atom is -0.385 e. The SMILES string of the molecule is C=C(CNC(C)(C)C)CN(CCCOC)CCOC. The van der Waals surface area contributed by atoms with Crippen molar-refractivity contribution in [2.75, 3.05) is 53.6 Å². The largest absolute Gasteiger partial charge is 0.385 e. The van der Waals surface area contributed by atoms with Gasteiger partial charge >= 0.3 is 0 Å². The van der Waals surface area contributed by atoms with E-state index in [-0.39, 0.29) is 5.54 Å². The normalized spacial score (nSPS) is 12.1. The summed E-state index contributed by atoms with van der Waals surface area (Å²) >= 11 is 0. The molecule has 0 radical (unpaired) electrons. The standard InChI is InChI=1S/C15H32N2O2/c1-14(12-16-15(2,3)4)13-17(9-11-19-6)8-7-10-18-5/h16H,1,7-13H2,2-6H3. The molecular formula is C15H32N2O2. The smallest absolute Gasteiger partial charge is 0.0589 e. The molecule has 0 aliphatic rings. The van der Waals surface area contributed by atoms with Crippen LogP contribution in [0.4, 0.5) is 0 Å². The summed E-state index contributed by atoms with van der Waals surface area (Å²) in [5.74, 6) is 0. The van der Waals surface area contributed by atoms with Crippen molar-refractivity contribution >= 4 is 0 Å². The summed E-state index contributed by atoms with van der Waals surface area (Å²) in [7, 11) is 3.48. The first-order valence-electron chi connectivity index (χ1n) is 7.01. The summed E-state index contributed by atoms with van der Waals surface area (Å²) in [5, 5.41) is 3.47. The third-order valence-corrected chi connectivity index (χ3v) is 2.75. The first-order chi connectivity index (χ1) is 8.89. The van der Waals surface area contributed by atoms with Gasteiger partial charge in [-0.2, -0.15) is 0 Å². The van der Waals surface area contributed by atoms with Gasteiger partial charge in [0.1, 0.15) is 0 Å². The fourth-order valence-corrected chi connectivity index (χ4v) is 1.69. The number of hydrogen-bond acceptors (Lipinski definition) is 4. The molecule has 0 saturated heterocycles. The number of nitrogens with one attached hydrogen (secondary N) is 1. The fourth-order valence-electron chi connectivity index (χ4n) is 1.69. The van der Waals surface area contributed by atoms with E-state index in [1.165, 1.54) is 5.57 Å². The lowest BCUT2D eigenvalue weighted by atomic mass is 10.1. The van der Waals surface area contributed by atoms with Gasteiger partial charge in [0.25, 0.3) is 0 Å². The van der Waals surface area contributed by atoms with E-state index in [9.17, 15) is 0 Å². The summed E-state index contributed by atoms with van der Waals surface area (Å²) in [6.07, 6.45) is 1.04. The molecule has 0 aromatic heterocycles. The molecule has 114 valence electrons. The highest BCUT2D eigenvalue weighted by Crippen LogP contribution is 2.03. The second kappa shape index (κ2) is 10.4. The van der Waals surface area contributed by atoms with E-state index >= 15 is 0 Å². The second-order valence-electron chi connectivity index (χ2n) is 5.97. The molecule has 0 aromatic rings. The summed E-state index contributed by atoms with van der Waals surface area (Å²) in [4.78, 5) is 2.37. The molecule has 0 unspecified atom stereocenters. The van der Waals surface area contributed by atoms with Crippen LogP contribution in [0.2, 0.25) is 0 Å².